The number of hydrogen-bond acceptors (Lipinski definition) is 4. The molecule has 0 spiro atoms. The SMILES string of the molecule is O=C(O)C[C@@H](NC(=O)OCc1ccccc1)c1ccc(Cl)s1. The van der Waals surface area contributed by atoms with E-state index in [0.29, 0.717) is 9.21 Å². The van der Waals surface area contributed by atoms with Crippen molar-refractivity contribution >= 4 is 35.0 Å². The number of amides is 1. The van der Waals surface area contributed by atoms with Crippen molar-refractivity contribution in [1.29, 1.82) is 0 Å². The molecule has 0 aliphatic heterocycles. The number of carbonyl (C=O) groups excluding carboxylic acids is 1. The molecule has 1 heterocycles. The second-order valence-electron chi connectivity index (χ2n) is 4.50. The maximum absolute atomic E-state index is 11.8. The number of halogens is 1. The smallest absolute Gasteiger partial charge is 0.407 e. The minimum atomic E-state index is -1.02. The van der Waals surface area contributed by atoms with Gasteiger partial charge >= 0.3 is 12.1 Å². The third-order valence-electron chi connectivity index (χ3n) is 2.82. The highest BCUT2D eigenvalue weighted by molar-refractivity contribution is 7.16. The first-order valence-corrected chi connectivity index (χ1v) is 7.68. The van der Waals surface area contributed by atoms with Crippen molar-refractivity contribution in [3.8, 4) is 0 Å². The van der Waals surface area contributed by atoms with Gasteiger partial charge in [0.05, 0.1) is 16.8 Å². The molecule has 0 radical (unpaired) electrons. The summed E-state index contributed by atoms with van der Waals surface area (Å²) < 4.78 is 5.63. The molecule has 7 heteroatoms. The van der Waals surface area contributed by atoms with Crippen molar-refractivity contribution in [1.82, 2.24) is 5.32 Å². The molecule has 0 saturated carbocycles. The molecular formula is C15H14ClNO4S. The highest BCUT2D eigenvalue weighted by Crippen LogP contribution is 2.28. The fourth-order valence-corrected chi connectivity index (χ4v) is 2.93. The maximum atomic E-state index is 11.8. The maximum Gasteiger partial charge on any atom is 0.407 e. The summed E-state index contributed by atoms with van der Waals surface area (Å²) in [4.78, 5) is 23.4. The van der Waals surface area contributed by atoms with Gasteiger partial charge < -0.3 is 15.2 Å². The number of alkyl carbamates (subject to hydrolysis) is 1. The van der Waals surface area contributed by atoms with Crippen LogP contribution in [0.3, 0.4) is 0 Å². The van der Waals surface area contributed by atoms with E-state index in [-0.39, 0.29) is 13.0 Å². The molecule has 0 aliphatic rings. The second kappa shape index (κ2) is 7.82. The van der Waals surface area contributed by atoms with Crippen LogP contribution < -0.4 is 5.32 Å². The van der Waals surface area contributed by atoms with Crippen LogP contribution in [-0.2, 0) is 16.1 Å². The first-order chi connectivity index (χ1) is 10.5. The zero-order chi connectivity index (χ0) is 15.9. The number of carboxylic acids is 1. The van der Waals surface area contributed by atoms with Crippen LogP contribution in [0, 0.1) is 0 Å². The van der Waals surface area contributed by atoms with E-state index in [2.05, 4.69) is 5.32 Å². The number of hydrogen-bond donors (Lipinski definition) is 2. The van der Waals surface area contributed by atoms with Crippen LogP contribution in [0.5, 0.6) is 0 Å². The van der Waals surface area contributed by atoms with E-state index in [1.54, 1.807) is 12.1 Å². The number of aliphatic carboxylic acids is 1. The first kappa shape index (κ1) is 16.3. The molecular weight excluding hydrogens is 326 g/mol. The third kappa shape index (κ3) is 5.05. The topological polar surface area (TPSA) is 75.6 Å². The second-order valence-corrected chi connectivity index (χ2v) is 6.25. The summed E-state index contributed by atoms with van der Waals surface area (Å²) in [6.45, 7) is 0.123. The summed E-state index contributed by atoms with van der Waals surface area (Å²) in [5.74, 6) is -1.02. The van der Waals surface area contributed by atoms with Gasteiger partial charge in [-0.2, -0.15) is 0 Å². The van der Waals surface area contributed by atoms with Crippen LogP contribution in [0.25, 0.3) is 0 Å². The Bertz CT molecular complexity index is 644. The average Bonchev–Trinajstić information content (AvgIpc) is 2.92. The Hall–Kier alpha value is -2.05. The van der Waals surface area contributed by atoms with Gasteiger partial charge in [-0.25, -0.2) is 4.79 Å². The molecule has 0 bridgehead atoms. The van der Waals surface area contributed by atoms with Gasteiger partial charge in [0.1, 0.15) is 6.61 Å². The van der Waals surface area contributed by atoms with E-state index in [4.69, 9.17) is 21.4 Å². The predicted molar refractivity (Wildman–Crippen MR) is 84.1 cm³/mol. The van der Waals surface area contributed by atoms with E-state index >= 15 is 0 Å². The summed E-state index contributed by atoms with van der Waals surface area (Å²) in [6, 6.07) is 11.9. The number of carboxylic acid groups (broad SMARTS) is 1. The normalized spacial score (nSPS) is 11.7. The fourth-order valence-electron chi connectivity index (χ4n) is 1.82. The summed E-state index contributed by atoms with van der Waals surface area (Å²) in [7, 11) is 0. The summed E-state index contributed by atoms with van der Waals surface area (Å²) in [6.07, 6.45) is -0.906. The van der Waals surface area contributed by atoms with E-state index in [0.717, 1.165) is 5.56 Å². The van der Waals surface area contributed by atoms with Gasteiger partial charge in [0, 0.05) is 4.88 Å². The molecule has 1 aromatic heterocycles. The Morgan fingerprint density at radius 2 is 1.95 bits per heavy atom. The molecule has 116 valence electrons. The predicted octanol–water partition coefficient (Wildman–Crippen LogP) is 3.84. The van der Waals surface area contributed by atoms with Crippen LogP contribution in [0.15, 0.2) is 42.5 Å². The Kier molecular flexibility index (Phi) is 5.80. The van der Waals surface area contributed by atoms with Gasteiger partial charge in [0.25, 0.3) is 0 Å². The number of thiophene rings is 1. The van der Waals surface area contributed by atoms with Gasteiger partial charge in [0.15, 0.2) is 0 Å². The highest BCUT2D eigenvalue weighted by atomic mass is 35.5. The van der Waals surface area contributed by atoms with Gasteiger partial charge in [-0.3, -0.25) is 4.79 Å². The summed E-state index contributed by atoms with van der Waals surface area (Å²) in [5.41, 5.74) is 0.853. The van der Waals surface area contributed by atoms with E-state index < -0.39 is 18.1 Å². The molecule has 22 heavy (non-hydrogen) atoms. The van der Waals surface area contributed by atoms with Crippen molar-refractivity contribution in [3.05, 3.63) is 57.2 Å². The van der Waals surface area contributed by atoms with Crippen molar-refractivity contribution in [2.24, 2.45) is 0 Å². The van der Waals surface area contributed by atoms with Gasteiger partial charge in [0.2, 0.25) is 0 Å². The molecule has 0 saturated heterocycles. The molecule has 2 N–H and O–H groups in total. The Labute approximate surface area is 136 Å². The van der Waals surface area contributed by atoms with Gasteiger partial charge in [-0.1, -0.05) is 41.9 Å². The molecule has 5 nitrogen and oxygen atoms in total. The van der Waals surface area contributed by atoms with Crippen molar-refractivity contribution in [2.45, 2.75) is 19.1 Å². The monoisotopic (exact) mass is 339 g/mol. The van der Waals surface area contributed by atoms with Crippen LogP contribution in [-0.4, -0.2) is 17.2 Å². The van der Waals surface area contributed by atoms with Crippen molar-refractivity contribution < 1.29 is 19.4 Å². The van der Waals surface area contributed by atoms with Crippen molar-refractivity contribution in [3.63, 3.8) is 0 Å². The Morgan fingerprint density at radius 1 is 1.23 bits per heavy atom. The molecule has 1 amide bonds. The molecule has 1 atom stereocenters. The van der Waals surface area contributed by atoms with Crippen LogP contribution in [0.1, 0.15) is 22.9 Å². The standard InChI is InChI=1S/C15H14ClNO4S/c16-13-7-6-12(22-13)11(8-14(18)19)17-15(20)21-9-10-4-2-1-3-5-10/h1-7,11H,8-9H2,(H,17,20)(H,18,19)/t11-/m1/s1. The van der Waals surface area contributed by atoms with E-state index in [1.807, 2.05) is 30.3 Å². The quantitative estimate of drug-likeness (QED) is 0.838. The zero-order valence-corrected chi connectivity index (χ0v) is 13.1. The van der Waals surface area contributed by atoms with E-state index in [9.17, 15) is 9.59 Å². The fraction of sp³-hybridized carbons (Fsp3) is 0.200. The number of rotatable bonds is 6. The van der Waals surface area contributed by atoms with E-state index in [1.165, 1.54) is 11.3 Å². The lowest BCUT2D eigenvalue weighted by molar-refractivity contribution is -0.137. The lowest BCUT2D eigenvalue weighted by Gasteiger charge is -2.15. The average molecular weight is 340 g/mol. The van der Waals surface area contributed by atoms with Crippen LogP contribution in [0.2, 0.25) is 4.34 Å². The summed E-state index contributed by atoms with van der Waals surface area (Å²) in [5, 5.41) is 11.5. The molecule has 0 fully saturated rings. The molecule has 0 unspecified atom stereocenters. The lowest BCUT2D eigenvalue weighted by atomic mass is 10.2. The number of benzene rings is 1. The van der Waals surface area contributed by atoms with Crippen LogP contribution in [0.4, 0.5) is 4.79 Å². The highest BCUT2D eigenvalue weighted by Gasteiger charge is 2.20. The molecule has 1 aromatic carbocycles. The Morgan fingerprint density at radius 3 is 2.55 bits per heavy atom. The number of carbonyl (C=O) groups is 2. The molecule has 0 aliphatic carbocycles. The largest absolute Gasteiger partial charge is 0.481 e. The van der Waals surface area contributed by atoms with Crippen LogP contribution >= 0.6 is 22.9 Å². The molecule has 2 aromatic rings. The first-order valence-electron chi connectivity index (χ1n) is 6.49. The van der Waals surface area contributed by atoms with Gasteiger partial charge in [-0.15, -0.1) is 11.3 Å². The lowest BCUT2D eigenvalue weighted by Crippen LogP contribution is -2.30. The Balaban J connectivity index is 1.94. The third-order valence-corrected chi connectivity index (χ3v) is 4.17. The summed E-state index contributed by atoms with van der Waals surface area (Å²) >= 11 is 7.07. The minimum Gasteiger partial charge on any atom is -0.481 e. The zero-order valence-electron chi connectivity index (χ0n) is 11.5. The molecule has 2 rings (SSSR count). The van der Waals surface area contributed by atoms with Crippen molar-refractivity contribution in [2.75, 3.05) is 0 Å². The minimum absolute atomic E-state index is 0.123. The number of nitrogens with one attached hydrogen (secondary N) is 1. The number of ether oxygens (including phenoxy) is 1. The van der Waals surface area contributed by atoms with Gasteiger partial charge in [-0.05, 0) is 17.7 Å².